The molecule has 1 aromatic rings. The maximum atomic E-state index is 12.9. The normalized spacial score (nSPS) is 11.9. The van der Waals surface area contributed by atoms with Crippen LogP contribution in [0.3, 0.4) is 0 Å². The van der Waals surface area contributed by atoms with Crippen molar-refractivity contribution < 1.29 is 32.0 Å². The van der Waals surface area contributed by atoms with E-state index in [0.29, 0.717) is 12.8 Å². The van der Waals surface area contributed by atoms with Crippen LogP contribution < -0.4 is 0 Å². The Morgan fingerprint density at radius 1 is 0.481 bits per heavy atom. The fourth-order valence-corrected chi connectivity index (χ4v) is 7.08. The van der Waals surface area contributed by atoms with Gasteiger partial charge in [0.2, 0.25) is 0 Å². The molecule has 7 nitrogen and oxygen atoms in total. The standard InChI is InChI=1S/C46H78O7S/c1-3-5-7-9-11-13-15-17-19-21-23-25-27-29-31-33-35-39-52-45(47)43-38-37-42(54(49,50)51)41-44(43)46(48)53-40-36-34-32-30-28-26-24-22-20-18-16-14-12-10-8-6-4-2/h19-22,37-38,41H,3-18,23-36,39-40H2,1-2H3,(H,49,50,51)/b21-19+,22-20+. The van der Waals surface area contributed by atoms with Crippen molar-refractivity contribution in [3.8, 4) is 0 Å². The number of carbonyl (C=O) groups is 2. The van der Waals surface area contributed by atoms with E-state index in [1.807, 2.05) is 0 Å². The second-order valence-electron chi connectivity index (χ2n) is 15.0. The molecular formula is C46H78O7S. The van der Waals surface area contributed by atoms with Crippen LogP contribution in [0.25, 0.3) is 0 Å². The predicted octanol–water partition coefficient (Wildman–Crippen LogP) is 14.1. The second-order valence-corrected chi connectivity index (χ2v) is 16.5. The van der Waals surface area contributed by atoms with Crippen LogP contribution in [0, 0.1) is 0 Å². The summed E-state index contributed by atoms with van der Waals surface area (Å²) in [6.07, 6.45) is 45.2. The minimum absolute atomic E-state index is 0.0658. The minimum atomic E-state index is -4.57. The van der Waals surface area contributed by atoms with Crippen LogP contribution in [0.5, 0.6) is 0 Å². The molecule has 54 heavy (non-hydrogen) atoms. The van der Waals surface area contributed by atoms with Crippen LogP contribution in [0.4, 0.5) is 0 Å². The molecule has 0 heterocycles. The van der Waals surface area contributed by atoms with Gasteiger partial charge < -0.3 is 9.47 Å². The average Bonchev–Trinajstić information content (AvgIpc) is 3.16. The molecule has 0 saturated carbocycles. The summed E-state index contributed by atoms with van der Waals surface area (Å²) >= 11 is 0. The van der Waals surface area contributed by atoms with E-state index in [2.05, 4.69) is 38.2 Å². The highest BCUT2D eigenvalue weighted by Gasteiger charge is 2.23. The average molecular weight is 775 g/mol. The van der Waals surface area contributed by atoms with Crippen LogP contribution in [-0.2, 0) is 19.6 Å². The van der Waals surface area contributed by atoms with Gasteiger partial charge in [0.1, 0.15) is 0 Å². The predicted molar refractivity (Wildman–Crippen MR) is 225 cm³/mol. The van der Waals surface area contributed by atoms with Gasteiger partial charge in [0.05, 0.1) is 29.2 Å². The number of esters is 2. The molecular weight excluding hydrogens is 697 g/mol. The summed E-state index contributed by atoms with van der Waals surface area (Å²) in [6.45, 7) is 4.89. The summed E-state index contributed by atoms with van der Waals surface area (Å²) in [6, 6.07) is 3.29. The molecule has 310 valence electrons. The fraction of sp³-hybridized carbons (Fsp3) is 0.739. The van der Waals surface area contributed by atoms with Crippen LogP contribution in [0.2, 0.25) is 0 Å². The fourth-order valence-electron chi connectivity index (χ4n) is 6.57. The Kier molecular flexibility index (Phi) is 32.1. The SMILES string of the molecule is CCCCCCCCC/C=C/CCCCCCCCOC(=O)c1ccc(S(=O)(=O)O)cc1C(=O)OCCCCCCCC/C=C/CCCCCCCCC. The first-order valence-electron chi connectivity index (χ1n) is 22.1. The van der Waals surface area contributed by atoms with Crippen molar-refractivity contribution in [2.45, 2.75) is 211 Å². The van der Waals surface area contributed by atoms with E-state index in [1.165, 1.54) is 134 Å². The van der Waals surface area contributed by atoms with Gasteiger partial charge in [-0.1, -0.05) is 167 Å². The third-order valence-corrected chi connectivity index (χ3v) is 10.9. The molecule has 0 saturated heterocycles. The van der Waals surface area contributed by atoms with Gasteiger partial charge in [0.25, 0.3) is 10.1 Å². The number of unbranched alkanes of at least 4 members (excludes halogenated alkanes) is 26. The number of hydrogen-bond donors (Lipinski definition) is 1. The Balaban J connectivity index is 2.23. The number of ether oxygens (including phenoxy) is 2. The third kappa shape index (κ3) is 28.0. The first kappa shape index (κ1) is 49.6. The van der Waals surface area contributed by atoms with E-state index < -0.39 is 27.0 Å². The van der Waals surface area contributed by atoms with Crippen LogP contribution in [-0.4, -0.2) is 38.1 Å². The Morgan fingerprint density at radius 2 is 0.796 bits per heavy atom. The summed E-state index contributed by atoms with van der Waals surface area (Å²) in [5.41, 5.74) is -0.282. The number of benzene rings is 1. The lowest BCUT2D eigenvalue weighted by Crippen LogP contribution is -2.16. The van der Waals surface area contributed by atoms with Gasteiger partial charge in [-0.3, -0.25) is 4.55 Å². The second kappa shape index (κ2) is 35.0. The smallest absolute Gasteiger partial charge is 0.339 e. The molecule has 0 fully saturated rings. The lowest BCUT2D eigenvalue weighted by molar-refractivity contribution is 0.0450. The number of carbonyl (C=O) groups excluding carboxylic acids is 2. The Bertz CT molecular complexity index is 1240. The van der Waals surface area contributed by atoms with Crippen LogP contribution in [0.1, 0.15) is 227 Å². The van der Waals surface area contributed by atoms with Gasteiger partial charge in [-0.15, -0.1) is 0 Å². The molecule has 0 spiro atoms. The van der Waals surface area contributed by atoms with E-state index in [1.54, 1.807) is 0 Å². The molecule has 0 aliphatic heterocycles. The molecule has 1 N–H and O–H groups in total. The zero-order chi connectivity index (χ0) is 39.4. The highest BCUT2D eigenvalue weighted by Crippen LogP contribution is 2.20. The molecule has 0 aliphatic carbocycles. The molecule has 0 aromatic heterocycles. The molecule has 0 aliphatic rings. The van der Waals surface area contributed by atoms with Crippen molar-refractivity contribution in [3.05, 3.63) is 53.6 Å². The van der Waals surface area contributed by atoms with E-state index in [9.17, 15) is 22.6 Å². The van der Waals surface area contributed by atoms with E-state index >= 15 is 0 Å². The zero-order valence-electron chi connectivity index (χ0n) is 34.5. The highest BCUT2D eigenvalue weighted by atomic mass is 32.2. The summed E-state index contributed by atoms with van der Waals surface area (Å²) < 4.78 is 43.9. The van der Waals surface area contributed by atoms with Crippen molar-refractivity contribution in [2.75, 3.05) is 13.2 Å². The van der Waals surface area contributed by atoms with Crippen molar-refractivity contribution in [3.63, 3.8) is 0 Å². The summed E-state index contributed by atoms with van der Waals surface area (Å²) in [4.78, 5) is 25.4. The highest BCUT2D eigenvalue weighted by molar-refractivity contribution is 7.85. The topological polar surface area (TPSA) is 107 Å². The number of allylic oxidation sites excluding steroid dienone is 4. The number of rotatable bonds is 37. The quantitative estimate of drug-likeness (QED) is 0.0310. The van der Waals surface area contributed by atoms with Crippen molar-refractivity contribution in [2.24, 2.45) is 0 Å². The zero-order valence-corrected chi connectivity index (χ0v) is 35.3. The van der Waals surface area contributed by atoms with Crippen LogP contribution in [0.15, 0.2) is 47.4 Å². The largest absolute Gasteiger partial charge is 0.462 e. The third-order valence-electron chi connectivity index (χ3n) is 10.0. The Labute approximate surface area is 331 Å². The van der Waals surface area contributed by atoms with E-state index in [4.69, 9.17) is 9.47 Å². The minimum Gasteiger partial charge on any atom is -0.462 e. The summed E-state index contributed by atoms with van der Waals surface area (Å²) in [5, 5.41) is 0. The summed E-state index contributed by atoms with van der Waals surface area (Å²) in [7, 11) is -4.57. The van der Waals surface area contributed by atoms with E-state index in [-0.39, 0.29) is 24.3 Å². The maximum Gasteiger partial charge on any atom is 0.339 e. The van der Waals surface area contributed by atoms with Crippen molar-refractivity contribution in [1.29, 1.82) is 0 Å². The molecule has 1 aromatic carbocycles. The van der Waals surface area contributed by atoms with Crippen molar-refractivity contribution >= 4 is 22.1 Å². The van der Waals surface area contributed by atoms with Crippen LogP contribution >= 0.6 is 0 Å². The Morgan fingerprint density at radius 3 is 1.15 bits per heavy atom. The molecule has 0 atom stereocenters. The lowest BCUT2D eigenvalue weighted by Gasteiger charge is -2.11. The van der Waals surface area contributed by atoms with Gasteiger partial charge in [-0.05, 0) is 82.4 Å². The van der Waals surface area contributed by atoms with Gasteiger partial charge in [-0.25, -0.2) is 9.59 Å². The molecule has 8 heteroatoms. The molecule has 0 unspecified atom stereocenters. The number of hydrogen-bond acceptors (Lipinski definition) is 6. The first-order valence-corrected chi connectivity index (χ1v) is 23.5. The maximum absolute atomic E-state index is 12.9. The monoisotopic (exact) mass is 775 g/mol. The van der Waals surface area contributed by atoms with Gasteiger partial charge >= 0.3 is 11.9 Å². The molecule has 0 amide bonds. The van der Waals surface area contributed by atoms with Gasteiger partial charge in [0, 0.05) is 0 Å². The molecule has 0 bridgehead atoms. The van der Waals surface area contributed by atoms with E-state index in [0.717, 1.165) is 63.5 Å². The summed E-state index contributed by atoms with van der Waals surface area (Å²) in [5.74, 6) is -1.51. The van der Waals surface area contributed by atoms with Crippen molar-refractivity contribution in [1.82, 2.24) is 0 Å². The lowest BCUT2D eigenvalue weighted by atomic mass is 10.1. The molecule has 0 radical (unpaired) electrons. The van der Waals surface area contributed by atoms with Gasteiger partial charge in [0.15, 0.2) is 0 Å². The Hall–Kier alpha value is -2.45. The van der Waals surface area contributed by atoms with Gasteiger partial charge in [-0.2, -0.15) is 8.42 Å². The molecule has 1 rings (SSSR count). The first-order chi connectivity index (χ1) is 26.3.